The molecule has 1 fully saturated rings. The minimum atomic E-state index is 0.282. The Balaban J connectivity index is 1.86. The predicted molar refractivity (Wildman–Crippen MR) is 90.7 cm³/mol. The van der Waals surface area contributed by atoms with Crippen LogP contribution in [0.5, 0.6) is 0 Å². The highest BCUT2D eigenvalue weighted by Crippen LogP contribution is 2.20. The van der Waals surface area contributed by atoms with Crippen molar-refractivity contribution in [2.75, 3.05) is 39.8 Å². The van der Waals surface area contributed by atoms with Gasteiger partial charge in [-0.05, 0) is 51.5 Å². The molecule has 118 valence electrons. The Kier molecular flexibility index (Phi) is 5.80. The summed E-state index contributed by atoms with van der Waals surface area (Å²) in [5, 5.41) is 3.38. The lowest BCUT2D eigenvalue weighted by Crippen LogP contribution is -2.57. The Morgan fingerprint density at radius 1 is 1.10 bits per heavy atom. The van der Waals surface area contributed by atoms with Crippen LogP contribution in [0.15, 0.2) is 24.3 Å². The monoisotopic (exact) mass is 289 g/mol. The van der Waals surface area contributed by atoms with Gasteiger partial charge in [0.2, 0.25) is 0 Å². The summed E-state index contributed by atoms with van der Waals surface area (Å²) >= 11 is 0. The fraction of sp³-hybridized carbons (Fsp3) is 0.667. The quantitative estimate of drug-likeness (QED) is 0.811. The van der Waals surface area contributed by atoms with Gasteiger partial charge in [-0.2, -0.15) is 0 Å². The average Bonchev–Trinajstić information content (AvgIpc) is 2.45. The fourth-order valence-electron chi connectivity index (χ4n) is 2.96. The van der Waals surface area contributed by atoms with Crippen LogP contribution in [0.1, 0.15) is 31.9 Å². The molecular formula is C18H31N3. The molecule has 0 radical (unpaired) electrons. The van der Waals surface area contributed by atoms with Crippen molar-refractivity contribution in [1.29, 1.82) is 0 Å². The standard InChI is InChI=1S/C18H31N3/c1-5-19-11-10-16-6-8-17(9-7-16)14-21-13-12-20(4)18(2,3)15-21/h6-9,19H,5,10-15H2,1-4H3. The van der Waals surface area contributed by atoms with Crippen LogP contribution in [-0.2, 0) is 13.0 Å². The minimum Gasteiger partial charge on any atom is -0.317 e. The first-order valence-electron chi connectivity index (χ1n) is 8.23. The van der Waals surface area contributed by atoms with Crippen molar-refractivity contribution in [1.82, 2.24) is 15.1 Å². The van der Waals surface area contributed by atoms with Crippen LogP contribution in [0.2, 0.25) is 0 Å². The molecule has 1 aliphatic heterocycles. The molecule has 1 N–H and O–H groups in total. The van der Waals surface area contributed by atoms with Crippen molar-refractivity contribution in [3.05, 3.63) is 35.4 Å². The molecule has 0 aromatic heterocycles. The molecule has 0 aliphatic carbocycles. The average molecular weight is 289 g/mol. The molecule has 1 saturated heterocycles. The van der Waals surface area contributed by atoms with E-state index < -0.39 is 0 Å². The third-order valence-corrected chi connectivity index (χ3v) is 4.67. The molecule has 0 spiro atoms. The van der Waals surface area contributed by atoms with Crippen LogP contribution >= 0.6 is 0 Å². The zero-order valence-corrected chi connectivity index (χ0v) is 14.2. The summed E-state index contributed by atoms with van der Waals surface area (Å²) < 4.78 is 0. The lowest BCUT2D eigenvalue weighted by atomic mass is 9.99. The largest absolute Gasteiger partial charge is 0.317 e. The lowest BCUT2D eigenvalue weighted by molar-refractivity contribution is 0.0360. The van der Waals surface area contributed by atoms with Crippen LogP contribution in [0.25, 0.3) is 0 Å². The van der Waals surface area contributed by atoms with E-state index in [4.69, 9.17) is 0 Å². The topological polar surface area (TPSA) is 18.5 Å². The molecule has 0 unspecified atom stereocenters. The van der Waals surface area contributed by atoms with Crippen LogP contribution in [0, 0.1) is 0 Å². The van der Waals surface area contributed by atoms with Gasteiger partial charge in [-0.25, -0.2) is 0 Å². The summed E-state index contributed by atoms with van der Waals surface area (Å²) in [6, 6.07) is 9.17. The van der Waals surface area contributed by atoms with Gasteiger partial charge >= 0.3 is 0 Å². The zero-order chi connectivity index (χ0) is 15.3. The maximum Gasteiger partial charge on any atom is 0.0277 e. The van der Waals surface area contributed by atoms with Gasteiger partial charge in [-0.3, -0.25) is 9.80 Å². The highest BCUT2D eigenvalue weighted by molar-refractivity contribution is 5.23. The van der Waals surface area contributed by atoms with Gasteiger partial charge in [0.1, 0.15) is 0 Å². The van der Waals surface area contributed by atoms with Gasteiger partial charge in [0, 0.05) is 31.7 Å². The normalized spacial score (nSPS) is 19.8. The Hall–Kier alpha value is -0.900. The summed E-state index contributed by atoms with van der Waals surface area (Å²) in [4.78, 5) is 5.04. The number of benzene rings is 1. The molecule has 21 heavy (non-hydrogen) atoms. The van der Waals surface area contributed by atoms with E-state index in [9.17, 15) is 0 Å². The molecule has 3 heteroatoms. The van der Waals surface area contributed by atoms with E-state index >= 15 is 0 Å². The van der Waals surface area contributed by atoms with Crippen LogP contribution in [0.4, 0.5) is 0 Å². The Bertz CT molecular complexity index is 425. The number of likely N-dealkylation sites (N-methyl/N-ethyl adjacent to an activating group) is 2. The SMILES string of the molecule is CCNCCc1ccc(CN2CCN(C)C(C)(C)C2)cc1. The Labute approximate surface area is 130 Å². The van der Waals surface area contributed by atoms with Crippen molar-refractivity contribution < 1.29 is 0 Å². The number of rotatable bonds is 6. The second-order valence-corrected chi connectivity index (χ2v) is 6.86. The third-order valence-electron chi connectivity index (χ3n) is 4.67. The van der Waals surface area contributed by atoms with E-state index in [0.29, 0.717) is 0 Å². The smallest absolute Gasteiger partial charge is 0.0277 e. The van der Waals surface area contributed by atoms with Crippen LogP contribution in [0.3, 0.4) is 0 Å². The second-order valence-electron chi connectivity index (χ2n) is 6.86. The van der Waals surface area contributed by atoms with Gasteiger partial charge in [0.05, 0.1) is 0 Å². The second kappa shape index (κ2) is 7.39. The van der Waals surface area contributed by atoms with E-state index in [1.54, 1.807) is 0 Å². The van der Waals surface area contributed by atoms with E-state index in [0.717, 1.165) is 39.1 Å². The number of hydrogen-bond donors (Lipinski definition) is 1. The molecule has 1 aromatic rings. The Morgan fingerprint density at radius 2 is 1.76 bits per heavy atom. The molecule has 1 heterocycles. The summed E-state index contributed by atoms with van der Waals surface area (Å²) in [6.45, 7) is 13.5. The first kappa shape index (κ1) is 16.5. The summed E-state index contributed by atoms with van der Waals surface area (Å²) in [5.41, 5.74) is 3.14. The molecule has 0 amide bonds. The molecular weight excluding hydrogens is 258 g/mol. The predicted octanol–water partition coefficient (Wildman–Crippen LogP) is 2.36. The molecule has 0 saturated carbocycles. The molecule has 2 rings (SSSR count). The van der Waals surface area contributed by atoms with Crippen molar-refractivity contribution in [2.45, 2.75) is 39.3 Å². The van der Waals surface area contributed by atoms with Gasteiger partial charge in [0.25, 0.3) is 0 Å². The molecule has 3 nitrogen and oxygen atoms in total. The van der Waals surface area contributed by atoms with Crippen molar-refractivity contribution in [2.24, 2.45) is 0 Å². The molecule has 0 atom stereocenters. The Morgan fingerprint density at radius 3 is 2.38 bits per heavy atom. The summed E-state index contributed by atoms with van der Waals surface area (Å²) in [7, 11) is 2.23. The highest BCUT2D eigenvalue weighted by atomic mass is 15.3. The van der Waals surface area contributed by atoms with E-state index in [1.165, 1.54) is 17.7 Å². The first-order valence-corrected chi connectivity index (χ1v) is 8.23. The first-order chi connectivity index (χ1) is 10.0. The van der Waals surface area contributed by atoms with Crippen LogP contribution < -0.4 is 5.32 Å². The third kappa shape index (κ3) is 4.80. The number of nitrogens with zero attached hydrogens (tertiary/aromatic N) is 2. The number of piperazine rings is 1. The van der Waals surface area contributed by atoms with Gasteiger partial charge < -0.3 is 5.32 Å². The maximum atomic E-state index is 3.38. The summed E-state index contributed by atoms with van der Waals surface area (Å²) in [6.07, 6.45) is 1.12. The number of nitrogens with one attached hydrogen (secondary N) is 1. The molecule has 1 aromatic carbocycles. The van der Waals surface area contributed by atoms with Crippen LogP contribution in [-0.4, -0.2) is 55.1 Å². The van der Waals surface area contributed by atoms with Gasteiger partial charge in [0.15, 0.2) is 0 Å². The molecule has 1 aliphatic rings. The van der Waals surface area contributed by atoms with E-state index in [2.05, 4.69) is 67.2 Å². The van der Waals surface area contributed by atoms with E-state index in [1.807, 2.05) is 0 Å². The van der Waals surface area contributed by atoms with Gasteiger partial charge in [-0.1, -0.05) is 31.2 Å². The minimum absolute atomic E-state index is 0.282. The highest BCUT2D eigenvalue weighted by Gasteiger charge is 2.30. The van der Waals surface area contributed by atoms with Crippen molar-refractivity contribution >= 4 is 0 Å². The lowest BCUT2D eigenvalue weighted by Gasteiger charge is -2.45. The zero-order valence-electron chi connectivity index (χ0n) is 14.2. The molecule has 0 bridgehead atoms. The van der Waals surface area contributed by atoms with Gasteiger partial charge in [-0.15, -0.1) is 0 Å². The van der Waals surface area contributed by atoms with Crippen molar-refractivity contribution in [3.63, 3.8) is 0 Å². The maximum absolute atomic E-state index is 3.38. The summed E-state index contributed by atoms with van der Waals surface area (Å²) in [5.74, 6) is 0. The number of hydrogen-bond acceptors (Lipinski definition) is 3. The fourth-order valence-corrected chi connectivity index (χ4v) is 2.96. The van der Waals surface area contributed by atoms with E-state index in [-0.39, 0.29) is 5.54 Å². The van der Waals surface area contributed by atoms with Crippen molar-refractivity contribution in [3.8, 4) is 0 Å².